The molecule has 3 heterocycles. The van der Waals surface area contributed by atoms with Crippen molar-refractivity contribution in [3.63, 3.8) is 0 Å². The molecule has 0 spiro atoms. The van der Waals surface area contributed by atoms with Crippen LogP contribution in [0.4, 0.5) is 0 Å². The van der Waals surface area contributed by atoms with Crippen molar-refractivity contribution in [1.29, 1.82) is 0 Å². The third-order valence-corrected chi connectivity index (χ3v) is 10.5. The van der Waals surface area contributed by atoms with E-state index in [1.165, 1.54) is 53.1 Å². The van der Waals surface area contributed by atoms with Gasteiger partial charge in [0.05, 0.1) is 22.2 Å². The zero-order valence-electron chi connectivity index (χ0n) is 25.8. The molecule has 7 aromatic carbocycles. The second-order valence-electron chi connectivity index (χ2n) is 12.2. The number of benzene rings is 7. The van der Waals surface area contributed by atoms with Gasteiger partial charge in [0, 0.05) is 53.1 Å². The van der Waals surface area contributed by atoms with E-state index in [1.54, 1.807) is 0 Å². The molecule has 0 fully saturated rings. The second kappa shape index (κ2) is 10.7. The molecule has 0 unspecified atom stereocenters. The minimum absolute atomic E-state index is 0.716. The minimum Gasteiger partial charge on any atom is -0.309 e. The van der Waals surface area contributed by atoms with Gasteiger partial charge in [-0.3, -0.25) is 0 Å². The number of nitrogens with zero attached hydrogens (tertiary/aromatic N) is 3. The summed E-state index contributed by atoms with van der Waals surface area (Å²) in [6.07, 6.45) is 0. The fourth-order valence-electron chi connectivity index (χ4n) is 7.13. The molecule has 0 bridgehead atoms. The van der Waals surface area contributed by atoms with Crippen molar-refractivity contribution in [1.82, 2.24) is 14.5 Å². The summed E-state index contributed by atoms with van der Waals surface area (Å²) in [5.41, 5.74) is 9.81. The fourth-order valence-corrected chi connectivity index (χ4v) is 8.26. The number of thiophene rings is 1. The lowest BCUT2D eigenvalue weighted by molar-refractivity contribution is 1.17. The first-order chi connectivity index (χ1) is 23.8. The Labute approximate surface area is 281 Å². The van der Waals surface area contributed by atoms with Crippen molar-refractivity contribution in [2.45, 2.75) is 0 Å². The molecule has 0 saturated carbocycles. The molecule has 0 aliphatic rings. The van der Waals surface area contributed by atoms with Crippen LogP contribution in [-0.2, 0) is 0 Å². The lowest BCUT2D eigenvalue weighted by atomic mass is 10.0. The van der Waals surface area contributed by atoms with Gasteiger partial charge in [0.1, 0.15) is 0 Å². The van der Waals surface area contributed by atoms with Gasteiger partial charge in [0.15, 0.2) is 5.82 Å². The highest BCUT2D eigenvalue weighted by Gasteiger charge is 2.18. The maximum atomic E-state index is 5.18. The normalized spacial score (nSPS) is 11.8. The number of hydrogen-bond acceptors (Lipinski definition) is 3. The topological polar surface area (TPSA) is 30.7 Å². The maximum Gasteiger partial charge on any atom is 0.160 e. The van der Waals surface area contributed by atoms with Crippen molar-refractivity contribution < 1.29 is 0 Å². The largest absolute Gasteiger partial charge is 0.309 e. The van der Waals surface area contributed by atoms with Crippen LogP contribution in [0.2, 0.25) is 0 Å². The van der Waals surface area contributed by atoms with Gasteiger partial charge in [-0.25, -0.2) is 9.97 Å². The zero-order chi connectivity index (χ0) is 31.6. The van der Waals surface area contributed by atoms with Crippen LogP contribution in [0, 0.1) is 0 Å². The summed E-state index contributed by atoms with van der Waals surface area (Å²) in [5.74, 6) is 0.716. The molecule has 0 aliphatic heterocycles. The SMILES string of the molecule is c1ccc(-c2ccc3c(c2)c2cc4sc5ccccc5c4cc2n3-c2cccc(-c3nc(-c4ccccc4)c4ccccc4n3)c2)cc1. The lowest BCUT2D eigenvalue weighted by Crippen LogP contribution is -1.97. The van der Waals surface area contributed by atoms with Crippen LogP contribution in [0.15, 0.2) is 164 Å². The molecule has 10 aromatic rings. The van der Waals surface area contributed by atoms with Crippen LogP contribution in [0.1, 0.15) is 0 Å². The Morgan fingerprint density at radius 3 is 1.96 bits per heavy atom. The predicted octanol–water partition coefficient (Wildman–Crippen LogP) is 12.1. The van der Waals surface area contributed by atoms with Crippen molar-refractivity contribution >= 4 is 64.2 Å². The summed E-state index contributed by atoms with van der Waals surface area (Å²) in [7, 11) is 0. The molecular formula is C44H27N3S. The van der Waals surface area contributed by atoms with Gasteiger partial charge in [-0.2, -0.15) is 0 Å². The summed E-state index contributed by atoms with van der Waals surface area (Å²) >= 11 is 1.86. The summed E-state index contributed by atoms with van der Waals surface area (Å²) in [5, 5.41) is 6.13. The number of fused-ring (bicyclic) bond motifs is 7. The van der Waals surface area contributed by atoms with E-state index in [2.05, 4.69) is 156 Å². The Balaban J connectivity index is 1.23. The van der Waals surface area contributed by atoms with Crippen LogP contribution in [0.5, 0.6) is 0 Å². The molecule has 0 N–H and O–H groups in total. The van der Waals surface area contributed by atoms with Gasteiger partial charge in [-0.1, -0.05) is 115 Å². The highest BCUT2D eigenvalue weighted by molar-refractivity contribution is 7.25. The molecule has 224 valence electrons. The van der Waals surface area contributed by atoms with Gasteiger partial charge in [-0.15, -0.1) is 11.3 Å². The monoisotopic (exact) mass is 629 g/mol. The van der Waals surface area contributed by atoms with Gasteiger partial charge in [0.2, 0.25) is 0 Å². The van der Waals surface area contributed by atoms with Crippen LogP contribution in [0.3, 0.4) is 0 Å². The second-order valence-corrected chi connectivity index (χ2v) is 13.3. The Morgan fingerprint density at radius 1 is 0.396 bits per heavy atom. The van der Waals surface area contributed by atoms with E-state index in [-0.39, 0.29) is 0 Å². The van der Waals surface area contributed by atoms with Crippen molar-refractivity contribution in [2.24, 2.45) is 0 Å². The first kappa shape index (κ1) is 27.1. The van der Waals surface area contributed by atoms with Crippen molar-refractivity contribution in [2.75, 3.05) is 0 Å². The number of rotatable bonds is 4. The summed E-state index contributed by atoms with van der Waals surface area (Å²) in [6, 6.07) is 58.4. The zero-order valence-corrected chi connectivity index (χ0v) is 26.7. The molecule has 0 amide bonds. The average molecular weight is 630 g/mol. The Hall–Kier alpha value is -6.10. The Bertz CT molecular complexity index is 2830. The third kappa shape index (κ3) is 4.27. The molecule has 0 saturated heterocycles. The summed E-state index contributed by atoms with van der Waals surface area (Å²) < 4.78 is 5.03. The number of aromatic nitrogens is 3. The number of para-hydroxylation sites is 1. The quantitative estimate of drug-likeness (QED) is 0.194. The van der Waals surface area contributed by atoms with E-state index in [1.807, 2.05) is 23.5 Å². The lowest BCUT2D eigenvalue weighted by Gasteiger charge is -2.12. The maximum absolute atomic E-state index is 5.18. The molecule has 3 nitrogen and oxygen atoms in total. The molecule has 0 atom stereocenters. The molecule has 0 aliphatic carbocycles. The molecule has 0 radical (unpaired) electrons. The van der Waals surface area contributed by atoms with Crippen LogP contribution < -0.4 is 0 Å². The van der Waals surface area contributed by atoms with Crippen LogP contribution in [-0.4, -0.2) is 14.5 Å². The summed E-state index contributed by atoms with van der Waals surface area (Å²) in [6.45, 7) is 0. The van der Waals surface area contributed by atoms with E-state index >= 15 is 0 Å². The Kier molecular flexibility index (Phi) is 6.05. The van der Waals surface area contributed by atoms with Gasteiger partial charge in [0.25, 0.3) is 0 Å². The van der Waals surface area contributed by atoms with E-state index < -0.39 is 0 Å². The van der Waals surface area contributed by atoms with E-state index in [0.29, 0.717) is 5.82 Å². The van der Waals surface area contributed by atoms with Gasteiger partial charge in [-0.05, 0) is 59.7 Å². The molecule has 48 heavy (non-hydrogen) atoms. The molecular weight excluding hydrogens is 603 g/mol. The van der Waals surface area contributed by atoms with E-state index in [4.69, 9.17) is 9.97 Å². The van der Waals surface area contributed by atoms with Crippen molar-refractivity contribution in [3.8, 4) is 39.5 Å². The minimum atomic E-state index is 0.716. The first-order valence-corrected chi connectivity index (χ1v) is 17.0. The van der Waals surface area contributed by atoms with E-state index in [0.717, 1.165) is 33.4 Å². The first-order valence-electron chi connectivity index (χ1n) is 16.2. The van der Waals surface area contributed by atoms with E-state index in [9.17, 15) is 0 Å². The van der Waals surface area contributed by atoms with Gasteiger partial charge < -0.3 is 4.57 Å². The number of hydrogen-bond donors (Lipinski definition) is 0. The smallest absolute Gasteiger partial charge is 0.160 e. The Morgan fingerprint density at radius 2 is 1.10 bits per heavy atom. The van der Waals surface area contributed by atoms with Crippen LogP contribution in [0.25, 0.3) is 92.3 Å². The highest BCUT2D eigenvalue weighted by Crippen LogP contribution is 2.42. The predicted molar refractivity (Wildman–Crippen MR) is 203 cm³/mol. The third-order valence-electron chi connectivity index (χ3n) is 9.38. The summed E-state index contributed by atoms with van der Waals surface area (Å²) in [4.78, 5) is 10.3. The highest BCUT2D eigenvalue weighted by atomic mass is 32.1. The van der Waals surface area contributed by atoms with Crippen LogP contribution >= 0.6 is 11.3 Å². The average Bonchev–Trinajstić information content (AvgIpc) is 3.68. The molecule has 3 aromatic heterocycles. The van der Waals surface area contributed by atoms with Crippen molar-refractivity contribution in [3.05, 3.63) is 164 Å². The van der Waals surface area contributed by atoms with Gasteiger partial charge >= 0.3 is 0 Å². The molecule has 10 rings (SSSR count). The fraction of sp³-hybridized carbons (Fsp3) is 0. The standard InChI is InChI=1S/C44H27N3S/c1-3-12-28(13-4-1)30-22-23-39-35(25-30)36-27-42-37(33-18-8-10-21-41(33)48-42)26-40(36)47(39)32-17-11-16-31(24-32)44-45-38-20-9-7-19-34(38)43(46-44)29-14-5-2-6-15-29/h1-27H. The molecule has 4 heteroatoms.